The first-order valence-electron chi connectivity index (χ1n) is 11.5. The van der Waals surface area contributed by atoms with Gasteiger partial charge in [-0.05, 0) is 37.5 Å². The molecule has 1 saturated carbocycles. The molecule has 3 heterocycles. The average Bonchev–Trinajstić information content (AvgIpc) is 3.12. The molecule has 3 aliphatic rings. The van der Waals surface area contributed by atoms with E-state index in [1.54, 1.807) is 0 Å². The van der Waals surface area contributed by atoms with E-state index in [2.05, 4.69) is 10.3 Å². The molecule has 1 amide bonds. The van der Waals surface area contributed by atoms with E-state index in [1.807, 2.05) is 4.90 Å². The van der Waals surface area contributed by atoms with Crippen molar-refractivity contribution in [2.75, 3.05) is 41.3 Å². The Hall–Kier alpha value is -2.92. The molecule has 2 aliphatic heterocycles. The van der Waals surface area contributed by atoms with Crippen LogP contribution >= 0.6 is 0 Å². The zero-order chi connectivity index (χ0) is 25.0. The van der Waals surface area contributed by atoms with Gasteiger partial charge in [-0.25, -0.2) is 13.2 Å². The predicted molar refractivity (Wildman–Crippen MR) is 116 cm³/mol. The number of carbonyl (C=O) groups excluding carboxylic acids is 1. The first kappa shape index (κ1) is 23.8. The summed E-state index contributed by atoms with van der Waals surface area (Å²) in [6.45, 7) is 1.78. The number of aromatic nitrogens is 1. The van der Waals surface area contributed by atoms with Gasteiger partial charge in [0.1, 0.15) is 18.0 Å². The third-order valence-electron chi connectivity index (χ3n) is 6.75. The third-order valence-corrected chi connectivity index (χ3v) is 6.75. The Balaban J connectivity index is 1.31. The van der Waals surface area contributed by atoms with Crippen LogP contribution in [-0.4, -0.2) is 49.2 Å². The van der Waals surface area contributed by atoms with Gasteiger partial charge in [0, 0.05) is 50.1 Å². The van der Waals surface area contributed by atoms with Crippen molar-refractivity contribution in [3.8, 4) is 0 Å². The van der Waals surface area contributed by atoms with Gasteiger partial charge in [-0.2, -0.15) is 18.2 Å². The fourth-order valence-electron chi connectivity index (χ4n) is 5.29. The molecule has 1 aromatic heterocycles. The molecule has 12 heteroatoms. The normalized spacial score (nSPS) is 21.0. The summed E-state index contributed by atoms with van der Waals surface area (Å²) in [7, 11) is 0. The lowest BCUT2D eigenvalue weighted by molar-refractivity contribution is -0.171. The van der Waals surface area contributed by atoms with Crippen molar-refractivity contribution in [3.05, 3.63) is 35.5 Å². The predicted octanol–water partition coefficient (Wildman–Crippen LogP) is 5.40. The molecule has 6 nitrogen and oxygen atoms in total. The molecular weight excluding hydrogens is 478 g/mol. The number of anilines is 3. The topological polar surface area (TPSA) is 61.6 Å². The Morgan fingerprint density at radius 1 is 1.09 bits per heavy atom. The average molecular weight is 502 g/mol. The number of carbonyl (C=O) groups is 1. The standard InChI is InChI=1S/C23H24F6N4O2/c24-15-8-14(4-5-16(15)32-6-2-1-3-7-32)30-19(34)18-17(9-23(27,28)29)35-20(31-18)33-12-21(13-33)10-22(25,26)11-21/h4-5,8H,1-3,6-7,9-13H2,(H,30,34). The first-order chi connectivity index (χ1) is 16.4. The van der Waals surface area contributed by atoms with Crippen LogP contribution in [0.5, 0.6) is 0 Å². The summed E-state index contributed by atoms with van der Waals surface area (Å²) in [5.74, 6) is -4.94. The minimum atomic E-state index is -4.67. The van der Waals surface area contributed by atoms with Gasteiger partial charge in [0.05, 0.1) is 5.69 Å². The number of halogens is 6. The van der Waals surface area contributed by atoms with Gasteiger partial charge in [-0.1, -0.05) is 0 Å². The zero-order valence-corrected chi connectivity index (χ0v) is 18.7. The van der Waals surface area contributed by atoms with Gasteiger partial charge in [-0.3, -0.25) is 4.79 Å². The zero-order valence-electron chi connectivity index (χ0n) is 18.7. The molecule has 2 aromatic rings. The van der Waals surface area contributed by atoms with Crippen molar-refractivity contribution in [2.45, 2.75) is 50.6 Å². The number of oxazole rings is 1. The summed E-state index contributed by atoms with van der Waals surface area (Å²) in [6.07, 6.45) is -3.79. The molecule has 5 rings (SSSR count). The van der Waals surface area contributed by atoms with Crippen LogP contribution in [0.1, 0.15) is 48.4 Å². The molecular formula is C23H24F6N4O2. The highest BCUT2D eigenvalue weighted by atomic mass is 19.4. The van der Waals surface area contributed by atoms with Crippen LogP contribution in [0.4, 0.5) is 43.7 Å². The molecule has 1 aromatic carbocycles. The monoisotopic (exact) mass is 502 g/mol. The largest absolute Gasteiger partial charge is 0.427 e. The van der Waals surface area contributed by atoms with Crippen molar-refractivity contribution in [1.82, 2.24) is 4.98 Å². The number of piperidine rings is 1. The number of hydrogen-bond donors (Lipinski definition) is 1. The quantitative estimate of drug-likeness (QED) is 0.555. The number of alkyl halides is 5. The third kappa shape index (κ3) is 4.92. The van der Waals surface area contributed by atoms with E-state index in [-0.39, 0.29) is 37.6 Å². The van der Waals surface area contributed by atoms with Crippen LogP contribution in [0.15, 0.2) is 22.6 Å². The fourth-order valence-corrected chi connectivity index (χ4v) is 5.29. The minimum absolute atomic E-state index is 0.0652. The summed E-state index contributed by atoms with van der Waals surface area (Å²) < 4.78 is 85.7. The van der Waals surface area contributed by atoms with Gasteiger partial charge >= 0.3 is 6.18 Å². The van der Waals surface area contributed by atoms with Crippen LogP contribution < -0.4 is 15.1 Å². The fraction of sp³-hybridized carbons (Fsp3) is 0.565. The van der Waals surface area contributed by atoms with Crippen LogP contribution in [0.3, 0.4) is 0 Å². The van der Waals surface area contributed by atoms with Crippen molar-refractivity contribution >= 4 is 23.3 Å². The van der Waals surface area contributed by atoms with E-state index in [1.165, 1.54) is 17.0 Å². The molecule has 0 radical (unpaired) electrons. The maximum absolute atomic E-state index is 14.7. The number of benzene rings is 1. The van der Waals surface area contributed by atoms with Crippen LogP contribution in [-0.2, 0) is 6.42 Å². The lowest BCUT2D eigenvalue weighted by Gasteiger charge is -2.58. The lowest BCUT2D eigenvalue weighted by atomic mass is 9.61. The molecule has 0 atom stereocenters. The maximum atomic E-state index is 14.7. The van der Waals surface area contributed by atoms with Crippen LogP contribution in [0.25, 0.3) is 0 Å². The summed E-state index contributed by atoms with van der Waals surface area (Å²) in [5, 5.41) is 2.39. The molecule has 190 valence electrons. The van der Waals surface area contributed by atoms with Crippen molar-refractivity contribution in [2.24, 2.45) is 5.41 Å². The molecule has 1 aliphatic carbocycles. The molecule has 2 saturated heterocycles. The lowest BCUT2D eigenvalue weighted by Crippen LogP contribution is -2.66. The second kappa shape index (κ2) is 8.34. The summed E-state index contributed by atoms with van der Waals surface area (Å²) in [6, 6.07) is 3.89. The van der Waals surface area contributed by atoms with Gasteiger partial charge in [-0.15, -0.1) is 0 Å². The van der Waals surface area contributed by atoms with E-state index in [9.17, 15) is 31.1 Å². The second-order valence-electron chi connectivity index (χ2n) is 9.79. The van der Waals surface area contributed by atoms with Gasteiger partial charge in [0.25, 0.3) is 11.9 Å². The highest BCUT2D eigenvalue weighted by molar-refractivity contribution is 6.04. The number of nitrogens with one attached hydrogen (secondary N) is 1. The molecule has 3 fully saturated rings. The van der Waals surface area contributed by atoms with E-state index in [0.29, 0.717) is 5.69 Å². The van der Waals surface area contributed by atoms with Gasteiger partial charge in [0.15, 0.2) is 5.69 Å². The molecule has 0 bridgehead atoms. The van der Waals surface area contributed by atoms with Crippen molar-refractivity contribution in [1.29, 1.82) is 0 Å². The SMILES string of the molecule is O=C(Nc1ccc(N2CCCCC2)c(F)c1)c1nc(N2CC3(C2)CC(F)(F)C3)oc1CC(F)(F)F. The smallest absolute Gasteiger partial charge is 0.396 e. The molecule has 1 N–H and O–H groups in total. The maximum Gasteiger partial charge on any atom is 0.396 e. The highest BCUT2D eigenvalue weighted by Crippen LogP contribution is 2.57. The number of amides is 1. The summed E-state index contributed by atoms with van der Waals surface area (Å²) in [5.41, 5.74) is -0.705. The highest BCUT2D eigenvalue weighted by Gasteiger charge is 2.62. The van der Waals surface area contributed by atoms with Gasteiger partial charge in [0.2, 0.25) is 5.92 Å². The minimum Gasteiger partial charge on any atom is -0.427 e. The molecule has 1 spiro atoms. The van der Waals surface area contributed by atoms with E-state index in [0.717, 1.165) is 38.4 Å². The summed E-state index contributed by atoms with van der Waals surface area (Å²) >= 11 is 0. The van der Waals surface area contributed by atoms with Gasteiger partial charge < -0.3 is 19.5 Å². The Morgan fingerprint density at radius 2 is 1.77 bits per heavy atom. The molecule has 35 heavy (non-hydrogen) atoms. The number of hydrogen-bond acceptors (Lipinski definition) is 5. The second-order valence-corrected chi connectivity index (χ2v) is 9.79. The van der Waals surface area contributed by atoms with E-state index >= 15 is 0 Å². The molecule has 0 unspecified atom stereocenters. The Labute approximate surface area is 197 Å². The van der Waals surface area contributed by atoms with Crippen molar-refractivity contribution in [3.63, 3.8) is 0 Å². The van der Waals surface area contributed by atoms with Crippen molar-refractivity contribution < 1.29 is 35.6 Å². The Bertz CT molecular complexity index is 1110. The number of nitrogens with zero attached hydrogens (tertiary/aromatic N) is 3. The number of rotatable bonds is 5. The Morgan fingerprint density at radius 3 is 2.37 bits per heavy atom. The van der Waals surface area contributed by atoms with Crippen LogP contribution in [0.2, 0.25) is 0 Å². The first-order valence-corrected chi connectivity index (χ1v) is 11.5. The summed E-state index contributed by atoms with van der Waals surface area (Å²) in [4.78, 5) is 20.1. The van der Waals surface area contributed by atoms with E-state index < -0.39 is 47.1 Å². The van der Waals surface area contributed by atoms with E-state index in [4.69, 9.17) is 4.42 Å². The van der Waals surface area contributed by atoms with Crippen LogP contribution in [0, 0.1) is 11.2 Å². The Kier molecular flexibility index (Phi) is 5.67.